The lowest BCUT2D eigenvalue weighted by Crippen LogP contribution is -2.47. The molecule has 0 aliphatic carbocycles. The van der Waals surface area contributed by atoms with Gasteiger partial charge in [0, 0.05) is 24.0 Å². The maximum atomic E-state index is 13.4. The molecule has 15 nitrogen and oxygen atoms in total. The summed E-state index contributed by atoms with van der Waals surface area (Å²) >= 11 is 0. The SMILES string of the molecule is C#C.CCC.CN[C@H](C(=O)N1CCC[C@H]1c1nc2ccc(-c3ccc4nc(-c5ccc6nc([C@@H]7CCCN7C(=O)CNC(=O)OC)[nH]c6c5)ccc4c3)cc2[nH]1)C(C)C.COC=O. The van der Waals surface area contributed by atoms with Crippen LogP contribution >= 0.6 is 0 Å². The first-order valence-electron chi connectivity index (χ1n) is 21.3. The van der Waals surface area contributed by atoms with E-state index in [-0.39, 0.29) is 42.4 Å². The molecule has 4 N–H and O–H groups in total. The first-order valence-corrected chi connectivity index (χ1v) is 21.3. The zero-order valence-electron chi connectivity index (χ0n) is 37.2. The van der Waals surface area contributed by atoms with Crippen molar-refractivity contribution in [2.24, 2.45) is 5.92 Å². The summed E-state index contributed by atoms with van der Waals surface area (Å²) in [5.74, 6) is 1.73. The van der Waals surface area contributed by atoms with Crippen LogP contribution in [0.4, 0.5) is 4.79 Å². The van der Waals surface area contributed by atoms with E-state index in [0.717, 1.165) is 99.2 Å². The van der Waals surface area contributed by atoms with Gasteiger partial charge in [-0.3, -0.25) is 14.4 Å². The normalized spacial score (nSPS) is 16.0. The van der Waals surface area contributed by atoms with E-state index in [0.29, 0.717) is 13.0 Å². The summed E-state index contributed by atoms with van der Waals surface area (Å²) < 4.78 is 8.46. The molecule has 0 bridgehead atoms. The molecule has 15 heteroatoms. The van der Waals surface area contributed by atoms with Gasteiger partial charge in [0.05, 0.1) is 65.6 Å². The van der Waals surface area contributed by atoms with Crippen molar-refractivity contribution in [1.82, 2.24) is 45.4 Å². The third-order valence-electron chi connectivity index (χ3n) is 11.0. The number of imidazole rings is 2. The second-order valence-corrected chi connectivity index (χ2v) is 15.6. The van der Waals surface area contributed by atoms with Crippen molar-refractivity contribution in [3.05, 3.63) is 78.4 Å². The number of benzene rings is 3. The van der Waals surface area contributed by atoms with Crippen molar-refractivity contribution in [1.29, 1.82) is 0 Å². The topological polar surface area (TPSA) is 188 Å². The van der Waals surface area contributed by atoms with Crippen molar-refractivity contribution < 1.29 is 28.7 Å². The Bertz CT molecular complexity index is 2530. The number of carbonyl (C=O) groups excluding carboxylic acids is 4. The van der Waals surface area contributed by atoms with Gasteiger partial charge in [-0.1, -0.05) is 58.4 Å². The molecule has 3 aromatic carbocycles. The van der Waals surface area contributed by atoms with E-state index in [1.54, 1.807) is 4.90 Å². The Hall–Kier alpha value is -6.79. The highest BCUT2D eigenvalue weighted by Gasteiger charge is 2.36. The molecule has 0 radical (unpaired) electrons. The Balaban J connectivity index is 0.000000768. The van der Waals surface area contributed by atoms with Crippen LogP contribution in [-0.2, 0) is 23.9 Å². The fraction of sp³-hybridized carbons (Fsp3) is 0.396. The van der Waals surface area contributed by atoms with E-state index in [9.17, 15) is 14.4 Å². The number of fused-ring (bicyclic) bond motifs is 3. The number of H-pyrrole nitrogens is 2. The molecule has 3 atom stereocenters. The number of nitrogens with one attached hydrogen (secondary N) is 4. The number of hydrogen-bond donors (Lipinski definition) is 4. The first kappa shape index (κ1) is 47.3. The second-order valence-electron chi connectivity index (χ2n) is 15.6. The molecule has 3 amide bonds. The van der Waals surface area contributed by atoms with Crippen LogP contribution in [0.5, 0.6) is 0 Å². The van der Waals surface area contributed by atoms with Gasteiger partial charge in [-0.15, -0.1) is 12.8 Å². The lowest BCUT2D eigenvalue weighted by molar-refractivity contribution is -0.135. The number of hydrogen-bond acceptors (Lipinski definition) is 10. The fourth-order valence-corrected chi connectivity index (χ4v) is 8.09. The van der Waals surface area contributed by atoms with Crippen LogP contribution < -0.4 is 10.6 Å². The van der Waals surface area contributed by atoms with E-state index in [1.165, 1.54) is 20.6 Å². The van der Waals surface area contributed by atoms with Crippen molar-refractivity contribution in [3.63, 3.8) is 0 Å². The van der Waals surface area contributed by atoms with Crippen LogP contribution in [0.25, 0.3) is 55.4 Å². The number of ether oxygens (including phenoxy) is 2. The maximum Gasteiger partial charge on any atom is 0.407 e. The van der Waals surface area contributed by atoms with Crippen molar-refractivity contribution in [3.8, 4) is 35.2 Å². The lowest BCUT2D eigenvalue weighted by atomic mass is 10.0. The van der Waals surface area contributed by atoms with Gasteiger partial charge in [0.1, 0.15) is 18.2 Å². The summed E-state index contributed by atoms with van der Waals surface area (Å²) in [5.41, 5.74) is 8.36. The number of methoxy groups -OCH3 is 2. The summed E-state index contributed by atoms with van der Waals surface area (Å²) in [5, 5.41) is 6.71. The van der Waals surface area contributed by atoms with E-state index in [4.69, 9.17) is 19.7 Å². The van der Waals surface area contributed by atoms with E-state index >= 15 is 0 Å². The summed E-state index contributed by atoms with van der Waals surface area (Å²) in [7, 11) is 4.44. The number of aromatic amines is 2. The molecule has 0 unspecified atom stereocenters. The van der Waals surface area contributed by atoms with Gasteiger partial charge in [-0.2, -0.15) is 0 Å². The summed E-state index contributed by atoms with van der Waals surface area (Å²) in [6, 6.07) is 22.3. The number of carbonyl (C=O) groups is 4. The molecule has 2 aliphatic heterocycles. The smallest absolute Gasteiger partial charge is 0.407 e. The molecule has 0 spiro atoms. The average Bonchev–Trinajstić information content (AvgIpc) is 4.14. The number of likely N-dealkylation sites (tertiary alicyclic amines) is 2. The highest BCUT2D eigenvalue weighted by Crippen LogP contribution is 2.35. The van der Waals surface area contributed by atoms with Gasteiger partial charge in [0.25, 0.3) is 6.47 Å². The molecule has 63 heavy (non-hydrogen) atoms. The number of amides is 3. The monoisotopic (exact) mass is 857 g/mol. The standard InChI is InChI=1S/C41H45N9O4.C3H8.C2H4O2.C2H2/c1-23(2)37(42-3)40(52)50-18-6-8-35(50)39-46-30-15-10-25(20-32(30)47-39)24-9-13-28-26(19-24)11-14-29(44-28)27-12-16-31-33(21-27)48-38(45-31)34-7-5-17-49(34)36(51)22-43-41(53)54-4;1-3-2;1-4-2-3;1-2/h9-16,19-21,23,34-35,37,42H,5-8,17-18,22H2,1-4H3,(H,43,53)(H,45,48)(H,46,47);3H2,1-2H3;2H,1H3;1-2H/t34-,35-,37-;;;/m0.../s1. The van der Waals surface area contributed by atoms with Gasteiger partial charge in [0.15, 0.2) is 0 Å². The molecule has 0 saturated carbocycles. The molecule has 2 fully saturated rings. The number of pyridine rings is 1. The van der Waals surface area contributed by atoms with Crippen LogP contribution in [-0.4, -0.2) is 106 Å². The van der Waals surface area contributed by atoms with Gasteiger partial charge in [-0.25, -0.2) is 19.7 Å². The number of likely N-dealkylation sites (N-methyl/N-ethyl adjacent to an activating group) is 1. The molecule has 3 aromatic heterocycles. The maximum absolute atomic E-state index is 13.4. The van der Waals surface area contributed by atoms with Crippen LogP contribution in [0.3, 0.4) is 0 Å². The highest BCUT2D eigenvalue weighted by atomic mass is 16.5. The summed E-state index contributed by atoms with van der Waals surface area (Å²) in [6.07, 6.45) is 12.1. The van der Waals surface area contributed by atoms with Crippen LogP contribution in [0.1, 0.15) is 83.5 Å². The van der Waals surface area contributed by atoms with Gasteiger partial charge < -0.3 is 39.9 Å². The van der Waals surface area contributed by atoms with Crippen LogP contribution in [0.2, 0.25) is 0 Å². The summed E-state index contributed by atoms with van der Waals surface area (Å²) in [6.45, 7) is 9.99. The van der Waals surface area contributed by atoms with Crippen LogP contribution in [0, 0.1) is 18.8 Å². The molecular formula is C48H59N9O6. The van der Waals surface area contributed by atoms with Gasteiger partial charge in [-0.05, 0) is 92.2 Å². The average molecular weight is 858 g/mol. The molecular weight excluding hydrogens is 799 g/mol. The Labute approximate surface area is 368 Å². The molecule has 8 rings (SSSR count). The molecule has 2 aliphatic rings. The Kier molecular flexibility index (Phi) is 16.8. The number of nitrogens with zero attached hydrogens (tertiary/aromatic N) is 5. The lowest BCUT2D eigenvalue weighted by Gasteiger charge is -2.29. The van der Waals surface area contributed by atoms with E-state index < -0.39 is 6.09 Å². The third-order valence-corrected chi connectivity index (χ3v) is 11.0. The quantitative estimate of drug-likeness (QED) is 0.0786. The van der Waals surface area contributed by atoms with Crippen molar-refractivity contribution in [2.75, 3.05) is 40.9 Å². The van der Waals surface area contributed by atoms with Crippen molar-refractivity contribution >= 4 is 57.3 Å². The van der Waals surface area contributed by atoms with E-state index in [2.05, 4.69) is 107 Å². The van der Waals surface area contributed by atoms with Gasteiger partial charge in [0.2, 0.25) is 11.8 Å². The fourth-order valence-electron chi connectivity index (χ4n) is 8.09. The first-order chi connectivity index (χ1) is 30.5. The zero-order chi connectivity index (χ0) is 45.6. The minimum absolute atomic E-state index is 0.0589. The predicted octanol–water partition coefficient (Wildman–Crippen LogP) is 7.70. The Morgan fingerprint density at radius 1 is 0.794 bits per heavy atom. The Morgan fingerprint density at radius 3 is 1.87 bits per heavy atom. The zero-order valence-corrected chi connectivity index (χ0v) is 37.2. The second kappa shape index (κ2) is 22.3. The number of aromatic nitrogens is 5. The Morgan fingerprint density at radius 2 is 1.32 bits per heavy atom. The summed E-state index contributed by atoms with van der Waals surface area (Å²) in [4.78, 5) is 72.2. The van der Waals surface area contributed by atoms with Crippen LogP contribution in [0.15, 0.2) is 66.7 Å². The van der Waals surface area contributed by atoms with Crippen molar-refractivity contribution in [2.45, 2.75) is 77.9 Å². The number of terminal acetylenes is 1. The molecule has 6 aromatic rings. The van der Waals surface area contributed by atoms with Gasteiger partial charge >= 0.3 is 6.09 Å². The highest BCUT2D eigenvalue weighted by molar-refractivity contribution is 5.90. The minimum Gasteiger partial charge on any atom is -0.471 e. The molecule has 2 saturated heterocycles. The molecule has 5 heterocycles. The molecule has 332 valence electrons. The predicted molar refractivity (Wildman–Crippen MR) is 246 cm³/mol. The third kappa shape index (κ3) is 11.0. The van der Waals surface area contributed by atoms with E-state index in [1.807, 2.05) is 42.3 Å². The number of alkyl carbamates (subject to hydrolysis) is 1. The largest absolute Gasteiger partial charge is 0.471 e. The number of rotatable bonds is 10. The minimum atomic E-state index is -0.633.